The Kier molecular flexibility index (Phi) is 5.22. The lowest BCUT2D eigenvalue weighted by Crippen LogP contribution is -2.51. The highest BCUT2D eigenvalue weighted by molar-refractivity contribution is 6.06. The van der Waals surface area contributed by atoms with E-state index in [1.165, 1.54) is 0 Å². The normalized spacial score (nSPS) is 18.5. The number of nitrogens with zero attached hydrogens (tertiary/aromatic N) is 4. The van der Waals surface area contributed by atoms with E-state index in [1.54, 1.807) is 22.7 Å². The Bertz CT molecular complexity index is 1010. The van der Waals surface area contributed by atoms with Crippen molar-refractivity contribution in [2.75, 3.05) is 16.3 Å². The molecule has 2 aliphatic rings. The molecule has 30 heavy (non-hydrogen) atoms. The zero-order valence-electron chi connectivity index (χ0n) is 18.0. The molecule has 1 saturated carbocycles. The van der Waals surface area contributed by atoms with Gasteiger partial charge in [-0.1, -0.05) is 19.9 Å². The molecule has 7 heteroatoms. The number of carbonyl (C=O) groups excluding carboxylic acids is 3. The van der Waals surface area contributed by atoms with Crippen molar-refractivity contribution in [2.45, 2.75) is 53.1 Å². The van der Waals surface area contributed by atoms with E-state index in [4.69, 9.17) is 0 Å². The van der Waals surface area contributed by atoms with E-state index in [-0.39, 0.29) is 42.0 Å². The lowest BCUT2D eigenvalue weighted by molar-refractivity contribution is -0.122. The minimum Gasteiger partial charge on any atom is -0.308 e. The van der Waals surface area contributed by atoms with Gasteiger partial charge in [0, 0.05) is 37.1 Å². The molecule has 1 aromatic heterocycles. The summed E-state index contributed by atoms with van der Waals surface area (Å²) in [5.41, 5.74) is 3.31. The Morgan fingerprint density at radius 1 is 1.13 bits per heavy atom. The summed E-state index contributed by atoms with van der Waals surface area (Å²) in [5.74, 6) is 0.296. The van der Waals surface area contributed by atoms with Crippen LogP contribution in [-0.4, -0.2) is 40.0 Å². The number of benzene rings is 1. The molecule has 1 atom stereocenters. The summed E-state index contributed by atoms with van der Waals surface area (Å²) in [7, 11) is 0. The van der Waals surface area contributed by atoms with Crippen LogP contribution < -0.4 is 9.80 Å². The third kappa shape index (κ3) is 3.76. The minimum absolute atomic E-state index is 0.0324. The number of fused-ring (bicyclic) bond motifs is 1. The van der Waals surface area contributed by atoms with Gasteiger partial charge in [-0.25, -0.2) is 0 Å². The van der Waals surface area contributed by atoms with Crippen molar-refractivity contribution in [3.8, 4) is 11.1 Å². The molecular formula is C23H28N4O3. The second-order valence-electron chi connectivity index (χ2n) is 8.71. The highest BCUT2D eigenvalue weighted by Gasteiger charge is 2.39. The average Bonchev–Trinajstić information content (AvgIpc) is 3.45. The third-order valence-corrected chi connectivity index (χ3v) is 5.87. The molecule has 0 N–H and O–H groups in total. The molecule has 1 aliphatic carbocycles. The summed E-state index contributed by atoms with van der Waals surface area (Å²) >= 11 is 0. The Balaban J connectivity index is 1.70. The van der Waals surface area contributed by atoms with Gasteiger partial charge in [0.1, 0.15) is 0 Å². The highest BCUT2D eigenvalue weighted by atomic mass is 16.2. The molecule has 1 aromatic carbocycles. The van der Waals surface area contributed by atoms with Gasteiger partial charge in [0.2, 0.25) is 11.8 Å². The largest absolute Gasteiger partial charge is 0.308 e. The van der Waals surface area contributed by atoms with E-state index >= 15 is 0 Å². The van der Waals surface area contributed by atoms with Crippen LogP contribution in [-0.2, 0) is 20.9 Å². The molecule has 158 valence electrons. The van der Waals surface area contributed by atoms with E-state index in [2.05, 4.69) is 5.10 Å². The lowest BCUT2D eigenvalue weighted by atomic mass is 10.0. The van der Waals surface area contributed by atoms with Crippen molar-refractivity contribution in [1.82, 2.24) is 9.78 Å². The minimum atomic E-state index is -0.0756. The van der Waals surface area contributed by atoms with Crippen molar-refractivity contribution in [2.24, 2.45) is 11.8 Å². The smallest absolute Gasteiger partial charge is 0.230 e. The maximum Gasteiger partial charge on any atom is 0.230 e. The standard InChI is InChI=1S/C23H28N4O3/c1-14(2)22(29)13-25-12-19(10-24-25)18-7-8-20-21(9-18)26(23(30)17-5-6-17)11-15(3)27(20)16(4)28/h7-10,12,14-15,17H,5-6,11,13H2,1-4H3/t15-/m0/s1. The number of Topliss-reactive ketones (excluding diaryl/α,β-unsaturated/α-hetero) is 1. The first-order valence-electron chi connectivity index (χ1n) is 10.6. The number of anilines is 2. The fraction of sp³-hybridized carbons (Fsp3) is 0.478. The van der Waals surface area contributed by atoms with Crippen molar-refractivity contribution in [3.63, 3.8) is 0 Å². The predicted molar refractivity (Wildman–Crippen MR) is 115 cm³/mol. The van der Waals surface area contributed by atoms with Crippen LogP contribution in [0, 0.1) is 11.8 Å². The van der Waals surface area contributed by atoms with Gasteiger partial charge in [-0.05, 0) is 37.5 Å². The number of amides is 2. The number of hydrogen-bond donors (Lipinski definition) is 0. The summed E-state index contributed by atoms with van der Waals surface area (Å²) in [6.45, 7) is 8.02. The van der Waals surface area contributed by atoms with E-state index in [1.807, 2.05) is 50.1 Å². The Labute approximate surface area is 176 Å². The van der Waals surface area contributed by atoms with Gasteiger partial charge in [-0.3, -0.25) is 19.1 Å². The highest BCUT2D eigenvalue weighted by Crippen LogP contribution is 2.41. The van der Waals surface area contributed by atoms with Gasteiger partial charge in [0.05, 0.1) is 30.2 Å². The van der Waals surface area contributed by atoms with Crippen molar-refractivity contribution >= 4 is 29.0 Å². The number of rotatable bonds is 5. The summed E-state index contributed by atoms with van der Waals surface area (Å²) in [4.78, 5) is 40.9. The van der Waals surface area contributed by atoms with Crippen LogP contribution in [0.5, 0.6) is 0 Å². The quantitative estimate of drug-likeness (QED) is 0.761. The summed E-state index contributed by atoms with van der Waals surface area (Å²) in [6, 6.07) is 5.74. The molecule has 0 bridgehead atoms. The molecule has 2 amide bonds. The van der Waals surface area contributed by atoms with E-state index in [9.17, 15) is 14.4 Å². The Hall–Kier alpha value is -2.96. The topological polar surface area (TPSA) is 75.5 Å². The second-order valence-corrected chi connectivity index (χ2v) is 8.71. The zero-order chi connectivity index (χ0) is 21.6. The molecule has 0 spiro atoms. The van der Waals surface area contributed by atoms with Crippen LogP contribution in [0.1, 0.15) is 40.5 Å². The summed E-state index contributed by atoms with van der Waals surface area (Å²) in [5, 5.41) is 4.33. The van der Waals surface area contributed by atoms with Crippen molar-refractivity contribution in [1.29, 1.82) is 0 Å². The van der Waals surface area contributed by atoms with Crippen LogP contribution in [0.15, 0.2) is 30.6 Å². The van der Waals surface area contributed by atoms with Gasteiger partial charge in [0.25, 0.3) is 0 Å². The first-order valence-corrected chi connectivity index (χ1v) is 10.6. The molecular weight excluding hydrogens is 380 g/mol. The fourth-order valence-electron chi connectivity index (χ4n) is 3.99. The van der Waals surface area contributed by atoms with E-state index in [0.29, 0.717) is 6.54 Å². The molecule has 0 unspecified atom stereocenters. The zero-order valence-corrected chi connectivity index (χ0v) is 18.0. The Morgan fingerprint density at radius 2 is 1.87 bits per heavy atom. The second kappa shape index (κ2) is 7.70. The fourth-order valence-corrected chi connectivity index (χ4v) is 3.99. The third-order valence-electron chi connectivity index (χ3n) is 5.87. The molecule has 0 radical (unpaired) electrons. The molecule has 7 nitrogen and oxygen atoms in total. The summed E-state index contributed by atoms with van der Waals surface area (Å²) < 4.78 is 1.65. The Morgan fingerprint density at radius 3 is 2.50 bits per heavy atom. The molecule has 1 aliphatic heterocycles. The van der Waals surface area contributed by atoms with Crippen molar-refractivity contribution in [3.05, 3.63) is 30.6 Å². The number of aromatic nitrogens is 2. The first-order chi connectivity index (χ1) is 14.3. The average molecular weight is 409 g/mol. The van der Waals surface area contributed by atoms with Crippen LogP contribution >= 0.6 is 0 Å². The molecule has 0 saturated heterocycles. The van der Waals surface area contributed by atoms with Gasteiger partial charge in [-0.2, -0.15) is 5.10 Å². The predicted octanol–water partition coefficient (Wildman–Crippen LogP) is 3.27. The van der Waals surface area contributed by atoms with Gasteiger partial charge in [0.15, 0.2) is 5.78 Å². The van der Waals surface area contributed by atoms with E-state index < -0.39 is 0 Å². The van der Waals surface area contributed by atoms with Gasteiger partial charge < -0.3 is 9.80 Å². The number of ketones is 1. The van der Waals surface area contributed by atoms with Crippen LogP contribution in [0.3, 0.4) is 0 Å². The maximum atomic E-state index is 13.0. The SMILES string of the molecule is CC(=O)N1c2ccc(-c3cnn(CC(=O)C(C)C)c3)cc2N(C(=O)C2CC2)C[C@@H]1C. The van der Waals surface area contributed by atoms with Crippen LogP contribution in [0.25, 0.3) is 11.1 Å². The van der Waals surface area contributed by atoms with E-state index in [0.717, 1.165) is 35.3 Å². The maximum absolute atomic E-state index is 13.0. The van der Waals surface area contributed by atoms with Crippen molar-refractivity contribution < 1.29 is 14.4 Å². The monoisotopic (exact) mass is 408 g/mol. The molecule has 2 aromatic rings. The van der Waals surface area contributed by atoms with Gasteiger partial charge >= 0.3 is 0 Å². The number of hydrogen-bond acceptors (Lipinski definition) is 4. The molecule has 4 rings (SSSR count). The lowest BCUT2D eigenvalue weighted by Gasteiger charge is -2.41. The molecule has 2 heterocycles. The van der Waals surface area contributed by atoms with Crippen LogP contribution in [0.4, 0.5) is 11.4 Å². The first kappa shape index (κ1) is 20.3. The molecule has 1 fully saturated rings. The van der Waals surface area contributed by atoms with Gasteiger partial charge in [-0.15, -0.1) is 0 Å². The van der Waals surface area contributed by atoms with Crippen LogP contribution in [0.2, 0.25) is 0 Å². The number of carbonyl (C=O) groups is 3. The summed E-state index contributed by atoms with van der Waals surface area (Å²) in [6.07, 6.45) is 5.46.